The van der Waals surface area contributed by atoms with Gasteiger partial charge in [-0.3, -0.25) is 4.79 Å². The van der Waals surface area contributed by atoms with Crippen LogP contribution in [0.15, 0.2) is 16.9 Å². The van der Waals surface area contributed by atoms with Crippen molar-refractivity contribution in [2.45, 2.75) is 52.6 Å². The second-order valence-electron chi connectivity index (χ2n) is 10.3. The van der Waals surface area contributed by atoms with Crippen LogP contribution in [0.2, 0.25) is 0 Å². The highest BCUT2D eigenvalue weighted by molar-refractivity contribution is 7.99. The van der Waals surface area contributed by atoms with Gasteiger partial charge in [0.1, 0.15) is 22.8 Å². The first-order valence-electron chi connectivity index (χ1n) is 11.5. The topological polar surface area (TPSA) is 82.9 Å². The van der Waals surface area contributed by atoms with Crippen molar-refractivity contribution in [3.8, 4) is 0 Å². The molecule has 1 N–H and O–H groups in total. The third-order valence-corrected chi connectivity index (χ3v) is 7.01. The minimum Gasteiger partial charge on any atom is -0.444 e. The van der Waals surface area contributed by atoms with Gasteiger partial charge in [0.25, 0.3) is 5.56 Å². The Morgan fingerprint density at radius 1 is 1.25 bits per heavy atom. The van der Waals surface area contributed by atoms with Crippen LogP contribution in [-0.2, 0) is 4.74 Å². The number of carbonyl (C=O) groups is 1. The van der Waals surface area contributed by atoms with Gasteiger partial charge in [0.15, 0.2) is 0 Å². The molecule has 2 saturated heterocycles. The van der Waals surface area contributed by atoms with Crippen LogP contribution in [0.1, 0.15) is 52.8 Å². The minimum absolute atomic E-state index is 0.0332. The van der Waals surface area contributed by atoms with Crippen molar-refractivity contribution >= 4 is 29.2 Å². The van der Waals surface area contributed by atoms with Crippen molar-refractivity contribution in [2.24, 2.45) is 11.8 Å². The van der Waals surface area contributed by atoms with E-state index in [2.05, 4.69) is 23.7 Å². The van der Waals surface area contributed by atoms with Crippen LogP contribution >= 0.6 is 11.8 Å². The van der Waals surface area contributed by atoms with E-state index in [0.29, 0.717) is 30.3 Å². The molecule has 0 spiro atoms. The molecule has 1 amide bonds. The lowest BCUT2D eigenvalue weighted by Gasteiger charge is -2.27. The van der Waals surface area contributed by atoms with Crippen molar-refractivity contribution in [2.75, 3.05) is 42.6 Å². The quantitative estimate of drug-likeness (QED) is 0.750. The number of nitrogens with one attached hydrogen (secondary N) is 1. The molecule has 2 aromatic rings. The van der Waals surface area contributed by atoms with E-state index >= 15 is 0 Å². The summed E-state index contributed by atoms with van der Waals surface area (Å²) in [6, 6.07) is 3.84. The number of amides is 1. The molecule has 2 atom stereocenters. The predicted molar refractivity (Wildman–Crippen MR) is 129 cm³/mol. The largest absolute Gasteiger partial charge is 0.444 e. The number of carbonyl (C=O) groups excluding carboxylic acids is 1. The average molecular weight is 462 g/mol. The van der Waals surface area contributed by atoms with Crippen molar-refractivity contribution in [3.05, 3.63) is 28.3 Å². The number of ether oxygens (including phenoxy) is 1. The summed E-state index contributed by atoms with van der Waals surface area (Å²) >= 11 is 1.95. The highest BCUT2D eigenvalue weighted by atomic mass is 32.2. The molecule has 0 radical (unpaired) electrons. The van der Waals surface area contributed by atoms with E-state index in [1.165, 1.54) is 0 Å². The van der Waals surface area contributed by atoms with Crippen LogP contribution in [-0.4, -0.2) is 68.9 Å². The molecule has 32 heavy (non-hydrogen) atoms. The summed E-state index contributed by atoms with van der Waals surface area (Å²) in [6.07, 6.45) is 0.651. The average Bonchev–Trinajstić information content (AvgIpc) is 3.31. The second kappa shape index (κ2) is 9.00. The fourth-order valence-electron chi connectivity index (χ4n) is 4.71. The second-order valence-corrected chi connectivity index (χ2v) is 11.5. The van der Waals surface area contributed by atoms with Gasteiger partial charge in [0.2, 0.25) is 0 Å². The molecule has 0 saturated carbocycles. The van der Waals surface area contributed by atoms with E-state index < -0.39 is 5.60 Å². The van der Waals surface area contributed by atoms with E-state index in [9.17, 15) is 9.59 Å². The molecule has 2 aliphatic rings. The molecule has 0 bridgehead atoms. The zero-order valence-corrected chi connectivity index (χ0v) is 20.6. The predicted octanol–water partition coefficient (Wildman–Crippen LogP) is 3.57. The zero-order chi connectivity index (χ0) is 23.0. The third-order valence-electron chi connectivity index (χ3n) is 6.07. The van der Waals surface area contributed by atoms with Crippen molar-refractivity contribution in [3.63, 3.8) is 0 Å². The Morgan fingerprint density at radius 3 is 2.62 bits per heavy atom. The first kappa shape index (κ1) is 23.0. The monoisotopic (exact) mass is 461 g/mol. The number of fused-ring (bicyclic) bond motifs is 1. The first-order chi connectivity index (χ1) is 15.1. The summed E-state index contributed by atoms with van der Waals surface area (Å²) in [5, 5.41) is 4.91. The SMILES string of the molecule is CC(C)C[C@@H]1CN(C(=O)OC(C)(C)C)C[C@H]1c1nn2c(N3CCSCC3)ccc2c(=O)[nH]1. The van der Waals surface area contributed by atoms with Crippen LogP contribution < -0.4 is 10.5 Å². The summed E-state index contributed by atoms with van der Waals surface area (Å²) in [4.78, 5) is 32.8. The molecule has 0 aliphatic carbocycles. The van der Waals surface area contributed by atoms with Gasteiger partial charge in [-0.1, -0.05) is 13.8 Å². The van der Waals surface area contributed by atoms with Gasteiger partial charge in [-0.25, -0.2) is 9.31 Å². The summed E-state index contributed by atoms with van der Waals surface area (Å²) in [5.74, 6) is 4.44. The number of H-pyrrole nitrogens is 1. The number of hydrogen-bond acceptors (Lipinski definition) is 6. The molecule has 8 nitrogen and oxygen atoms in total. The summed E-state index contributed by atoms with van der Waals surface area (Å²) < 4.78 is 7.42. The number of aromatic amines is 1. The van der Waals surface area contributed by atoms with Crippen LogP contribution in [0.4, 0.5) is 10.6 Å². The zero-order valence-electron chi connectivity index (χ0n) is 19.8. The van der Waals surface area contributed by atoms with Gasteiger partial charge >= 0.3 is 6.09 Å². The van der Waals surface area contributed by atoms with Gasteiger partial charge in [-0.15, -0.1) is 0 Å². The molecule has 4 rings (SSSR count). The number of anilines is 1. The maximum atomic E-state index is 12.9. The summed E-state index contributed by atoms with van der Waals surface area (Å²) in [6.45, 7) is 13.0. The van der Waals surface area contributed by atoms with Crippen molar-refractivity contribution in [1.29, 1.82) is 0 Å². The lowest BCUT2D eigenvalue weighted by molar-refractivity contribution is 0.0285. The first-order valence-corrected chi connectivity index (χ1v) is 12.7. The molecule has 176 valence electrons. The van der Waals surface area contributed by atoms with Gasteiger partial charge in [-0.2, -0.15) is 16.9 Å². The number of hydrogen-bond donors (Lipinski definition) is 1. The molecule has 9 heteroatoms. The van der Waals surface area contributed by atoms with Crippen molar-refractivity contribution < 1.29 is 9.53 Å². The Labute approximate surface area is 193 Å². The Morgan fingerprint density at radius 2 is 1.97 bits per heavy atom. The van der Waals surface area contributed by atoms with E-state index in [1.54, 1.807) is 9.42 Å². The molecule has 0 aromatic carbocycles. The van der Waals surface area contributed by atoms with Gasteiger partial charge < -0.3 is 19.5 Å². The highest BCUT2D eigenvalue weighted by Crippen LogP contribution is 2.35. The Kier molecular flexibility index (Phi) is 6.47. The number of thioether (sulfide) groups is 1. The highest BCUT2D eigenvalue weighted by Gasteiger charge is 2.39. The number of rotatable bonds is 4. The van der Waals surface area contributed by atoms with Crippen molar-refractivity contribution in [1.82, 2.24) is 19.5 Å². The van der Waals surface area contributed by atoms with E-state index in [4.69, 9.17) is 9.84 Å². The molecule has 4 heterocycles. The van der Waals surface area contributed by atoms with Gasteiger partial charge in [-0.05, 0) is 51.2 Å². The Balaban J connectivity index is 1.67. The lowest BCUT2D eigenvalue weighted by atomic mass is 9.88. The van der Waals surface area contributed by atoms with Gasteiger partial charge in [0, 0.05) is 43.6 Å². The number of aromatic nitrogens is 3. The van der Waals surface area contributed by atoms with Crippen LogP contribution in [0.5, 0.6) is 0 Å². The molecular formula is C23H35N5O3S. The van der Waals surface area contributed by atoms with Crippen LogP contribution in [0.3, 0.4) is 0 Å². The van der Waals surface area contributed by atoms with Gasteiger partial charge in [0.05, 0.1) is 0 Å². The maximum absolute atomic E-state index is 12.9. The molecule has 0 unspecified atom stereocenters. The Hall–Kier alpha value is -2.16. The molecular weight excluding hydrogens is 426 g/mol. The summed E-state index contributed by atoms with van der Waals surface area (Å²) in [7, 11) is 0. The lowest BCUT2D eigenvalue weighted by Crippen LogP contribution is -2.35. The maximum Gasteiger partial charge on any atom is 0.410 e. The molecule has 2 aromatic heterocycles. The number of likely N-dealkylation sites (tertiary alicyclic amines) is 1. The summed E-state index contributed by atoms with van der Waals surface area (Å²) in [5.41, 5.74) is -0.114. The van der Waals surface area contributed by atoms with Crippen LogP contribution in [0, 0.1) is 11.8 Å². The van der Waals surface area contributed by atoms with E-state index in [-0.39, 0.29) is 23.5 Å². The smallest absolute Gasteiger partial charge is 0.410 e. The minimum atomic E-state index is -0.541. The third kappa shape index (κ3) is 4.92. The fraction of sp³-hybridized carbons (Fsp3) is 0.696. The fourth-order valence-corrected chi connectivity index (χ4v) is 5.61. The van der Waals surface area contributed by atoms with Crippen LogP contribution in [0.25, 0.3) is 5.52 Å². The van der Waals surface area contributed by atoms with E-state index in [0.717, 1.165) is 36.8 Å². The molecule has 2 aliphatic heterocycles. The van der Waals surface area contributed by atoms with E-state index in [1.807, 2.05) is 44.7 Å². The molecule has 2 fully saturated rings. The Bertz CT molecular complexity index is 1020. The standard InChI is InChI=1S/C23H35N5O3S/c1-15(2)12-16-13-27(22(30)31-23(3,4)5)14-17(16)20-24-21(29)18-6-7-19(28(18)25-20)26-8-10-32-11-9-26/h6-7,15-17H,8-14H2,1-5H3,(H,24,25,29)/t16-,17-/m1/s1. The number of nitrogens with zero attached hydrogens (tertiary/aromatic N) is 4. The normalized spacial score (nSPS) is 22.2.